The molecule has 8 heteroatoms. The lowest BCUT2D eigenvalue weighted by molar-refractivity contribution is 0.471. The Hall–Kier alpha value is 0.140. The summed E-state index contributed by atoms with van der Waals surface area (Å²) in [6, 6.07) is 0. The normalized spacial score (nSPS) is 18.5. The van der Waals surface area contributed by atoms with Crippen molar-refractivity contribution in [2.75, 3.05) is 0 Å². The Kier molecular flexibility index (Phi) is 3.28. The smallest absolute Gasteiger partial charge is 0.263 e. The Bertz CT molecular complexity index is 107. The highest BCUT2D eigenvalue weighted by atomic mass is 32.3. The van der Waals surface area contributed by atoms with Gasteiger partial charge in [-0.1, -0.05) is 0 Å². The zero-order valence-electron chi connectivity index (χ0n) is 3.55. The SMILES string of the molecule is NN(S(=O)O)S(=O)O. The van der Waals surface area contributed by atoms with Crippen molar-refractivity contribution < 1.29 is 17.5 Å². The molecule has 0 rings (SSSR count). The van der Waals surface area contributed by atoms with Gasteiger partial charge in [-0.15, -0.1) is 0 Å². The number of nitrogens with two attached hydrogens (primary N) is 1. The maximum Gasteiger partial charge on any atom is 0.263 e. The lowest BCUT2D eigenvalue weighted by Gasteiger charge is -2.01. The number of rotatable bonds is 2. The molecule has 6 nitrogen and oxygen atoms in total. The van der Waals surface area contributed by atoms with Gasteiger partial charge in [0.05, 0.1) is 0 Å². The van der Waals surface area contributed by atoms with E-state index in [1.165, 1.54) is 0 Å². The summed E-state index contributed by atoms with van der Waals surface area (Å²) in [5, 5.41) is 0. The molecule has 0 aliphatic heterocycles. The van der Waals surface area contributed by atoms with Crippen molar-refractivity contribution in [1.82, 2.24) is 3.82 Å². The summed E-state index contributed by atoms with van der Waals surface area (Å²) in [4.78, 5) is 0. The summed E-state index contributed by atoms with van der Waals surface area (Å²) in [5.74, 6) is 4.49. The average molecular weight is 160 g/mol. The second-order valence-electron chi connectivity index (χ2n) is 0.747. The molecule has 0 aromatic rings. The quantitative estimate of drug-likeness (QED) is 0.257. The van der Waals surface area contributed by atoms with Gasteiger partial charge in [-0.3, -0.25) is 9.11 Å². The molecular weight excluding hydrogens is 156 g/mol. The van der Waals surface area contributed by atoms with Crippen LogP contribution in [0.3, 0.4) is 0 Å². The van der Waals surface area contributed by atoms with Crippen LogP contribution in [0.1, 0.15) is 0 Å². The maximum absolute atomic E-state index is 9.70. The summed E-state index contributed by atoms with van der Waals surface area (Å²) in [7, 11) is 0. The number of hydrogen-bond acceptors (Lipinski definition) is 3. The van der Waals surface area contributed by atoms with E-state index >= 15 is 0 Å². The Morgan fingerprint density at radius 2 is 1.50 bits per heavy atom. The lowest BCUT2D eigenvalue weighted by atomic mass is 13.0. The third kappa shape index (κ3) is 2.45. The van der Waals surface area contributed by atoms with E-state index in [2.05, 4.69) is 5.84 Å². The Balaban J connectivity index is 3.83. The minimum absolute atomic E-state index is 0.111. The van der Waals surface area contributed by atoms with Gasteiger partial charge in [0.1, 0.15) is 0 Å². The van der Waals surface area contributed by atoms with Gasteiger partial charge in [-0.05, 0) is 3.82 Å². The first-order valence-corrected chi connectivity index (χ1v) is 3.45. The molecule has 0 radical (unpaired) electrons. The zero-order chi connectivity index (χ0) is 6.73. The first-order valence-electron chi connectivity index (χ1n) is 1.32. The number of hydrazine groups is 1. The highest BCUT2D eigenvalue weighted by molar-refractivity contribution is 7.92. The van der Waals surface area contributed by atoms with Crippen LogP contribution in [0, 0.1) is 0 Å². The van der Waals surface area contributed by atoms with Crippen molar-refractivity contribution in [3.8, 4) is 0 Å². The van der Waals surface area contributed by atoms with Crippen LogP contribution in [0.5, 0.6) is 0 Å². The molecule has 8 heavy (non-hydrogen) atoms. The van der Waals surface area contributed by atoms with Gasteiger partial charge in [0.15, 0.2) is 0 Å². The standard InChI is InChI=1S/H4N2O4S2/c1-2(7(3)4)8(5)6/h1H2,(H,3,4)(H,5,6). The summed E-state index contributed by atoms with van der Waals surface area (Å²) in [6.07, 6.45) is 0. The first-order chi connectivity index (χ1) is 3.55. The number of hydrogen-bond donors (Lipinski definition) is 3. The van der Waals surface area contributed by atoms with E-state index in [1.54, 1.807) is 0 Å². The van der Waals surface area contributed by atoms with Crippen LogP contribution in [-0.4, -0.2) is 21.3 Å². The minimum Gasteiger partial charge on any atom is -0.292 e. The summed E-state index contributed by atoms with van der Waals surface area (Å²) < 4.78 is 35.1. The molecule has 0 saturated carbocycles. The Morgan fingerprint density at radius 1 is 1.25 bits per heavy atom. The van der Waals surface area contributed by atoms with Crippen molar-refractivity contribution in [1.29, 1.82) is 0 Å². The molecule has 2 unspecified atom stereocenters. The van der Waals surface area contributed by atoms with Crippen LogP contribution in [0.4, 0.5) is 0 Å². The zero-order valence-corrected chi connectivity index (χ0v) is 5.18. The molecule has 0 aliphatic carbocycles. The monoisotopic (exact) mass is 160 g/mol. The van der Waals surface area contributed by atoms with Crippen LogP contribution >= 0.6 is 0 Å². The van der Waals surface area contributed by atoms with Gasteiger partial charge >= 0.3 is 0 Å². The van der Waals surface area contributed by atoms with Crippen molar-refractivity contribution in [2.45, 2.75) is 0 Å². The average Bonchev–Trinajstić information content (AvgIpc) is 1.64. The Morgan fingerprint density at radius 3 is 1.50 bits per heavy atom. The highest BCUT2D eigenvalue weighted by Gasteiger charge is 2.09. The second kappa shape index (κ2) is 3.22. The van der Waals surface area contributed by atoms with Crippen LogP contribution < -0.4 is 5.84 Å². The summed E-state index contributed by atoms with van der Waals surface area (Å²) >= 11 is -5.16. The molecule has 0 amide bonds. The fourth-order valence-corrected chi connectivity index (χ4v) is 0.491. The van der Waals surface area contributed by atoms with Gasteiger partial charge in [0, 0.05) is 0 Å². The number of nitrogens with zero attached hydrogens (tertiary/aromatic N) is 1. The van der Waals surface area contributed by atoms with Crippen molar-refractivity contribution in [3.63, 3.8) is 0 Å². The van der Waals surface area contributed by atoms with Gasteiger partial charge in [-0.2, -0.15) is 0 Å². The van der Waals surface area contributed by atoms with E-state index in [9.17, 15) is 8.42 Å². The van der Waals surface area contributed by atoms with Crippen molar-refractivity contribution >= 4 is 22.5 Å². The molecule has 4 N–H and O–H groups in total. The fourth-order valence-electron chi connectivity index (χ4n) is 0.0545. The summed E-state index contributed by atoms with van der Waals surface area (Å²) in [5.41, 5.74) is 0. The fraction of sp³-hybridized carbons (Fsp3) is 0. The van der Waals surface area contributed by atoms with Gasteiger partial charge in [0.25, 0.3) is 22.5 Å². The first kappa shape index (κ1) is 8.14. The molecule has 2 atom stereocenters. The van der Waals surface area contributed by atoms with E-state index in [0.29, 0.717) is 0 Å². The van der Waals surface area contributed by atoms with Gasteiger partial charge < -0.3 is 0 Å². The van der Waals surface area contributed by atoms with Crippen LogP contribution in [0.25, 0.3) is 0 Å². The molecule has 0 spiro atoms. The predicted octanol–water partition coefficient (Wildman–Crippen LogP) is -1.56. The second-order valence-corrected chi connectivity index (χ2v) is 2.69. The highest BCUT2D eigenvalue weighted by Crippen LogP contribution is 1.82. The van der Waals surface area contributed by atoms with E-state index in [4.69, 9.17) is 9.11 Å². The van der Waals surface area contributed by atoms with Crippen molar-refractivity contribution in [2.24, 2.45) is 5.84 Å². The molecule has 0 bridgehead atoms. The predicted molar refractivity (Wildman–Crippen MR) is 27.6 cm³/mol. The molecule has 0 heterocycles. The van der Waals surface area contributed by atoms with Gasteiger partial charge in [-0.25, -0.2) is 14.3 Å². The molecule has 0 aliphatic rings. The van der Waals surface area contributed by atoms with E-state index in [0.717, 1.165) is 0 Å². The third-order valence-electron chi connectivity index (χ3n) is 0.308. The van der Waals surface area contributed by atoms with Crippen LogP contribution in [-0.2, 0) is 22.5 Å². The molecular formula is H4N2O4S2. The van der Waals surface area contributed by atoms with Crippen LogP contribution in [0.15, 0.2) is 0 Å². The summed E-state index contributed by atoms with van der Waals surface area (Å²) in [6.45, 7) is 0. The lowest BCUT2D eigenvalue weighted by Crippen LogP contribution is -2.33. The van der Waals surface area contributed by atoms with E-state index in [1.807, 2.05) is 0 Å². The van der Waals surface area contributed by atoms with E-state index < -0.39 is 22.5 Å². The minimum atomic E-state index is -2.58. The van der Waals surface area contributed by atoms with Gasteiger partial charge in [0.2, 0.25) is 0 Å². The molecule has 0 aromatic heterocycles. The Labute approximate surface area is 50.5 Å². The topological polar surface area (TPSA) is 104 Å². The third-order valence-corrected chi connectivity index (χ3v) is 1.69. The molecule has 0 aromatic carbocycles. The maximum atomic E-state index is 9.70. The molecule has 0 saturated heterocycles. The van der Waals surface area contributed by atoms with Crippen molar-refractivity contribution in [3.05, 3.63) is 0 Å². The largest absolute Gasteiger partial charge is 0.292 e. The molecule has 0 fully saturated rings. The van der Waals surface area contributed by atoms with Crippen LogP contribution in [0.2, 0.25) is 0 Å². The molecule has 50 valence electrons. The van der Waals surface area contributed by atoms with E-state index in [-0.39, 0.29) is 3.82 Å².